The summed E-state index contributed by atoms with van der Waals surface area (Å²) in [6.07, 6.45) is 1.25. The van der Waals surface area contributed by atoms with Crippen molar-refractivity contribution in [2.45, 2.75) is 46.2 Å². The minimum atomic E-state index is -1.45. The van der Waals surface area contributed by atoms with Crippen LogP contribution in [0.5, 0.6) is 11.5 Å². The number of carbonyl (C=O) groups excluding carboxylic acids is 1. The lowest BCUT2D eigenvalue weighted by molar-refractivity contribution is 0.0685. The molecule has 0 aliphatic carbocycles. The molecule has 2 bridgehead atoms. The summed E-state index contributed by atoms with van der Waals surface area (Å²) in [5.41, 5.74) is 0.849. The molecule has 0 radical (unpaired) electrons. The van der Waals surface area contributed by atoms with Gasteiger partial charge in [-0.1, -0.05) is 6.07 Å². The number of anilines is 1. The summed E-state index contributed by atoms with van der Waals surface area (Å²) in [7, 11) is -0.0134. The van der Waals surface area contributed by atoms with Crippen LogP contribution in [0.3, 0.4) is 0 Å². The van der Waals surface area contributed by atoms with Crippen molar-refractivity contribution in [3.63, 3.8) is 0 Å². The van der Waals surface area contributed by atoms with E-state index in [9.17, 15) is 18.2 Å². The van der Waals surface area contributed by atoms with Gasteiger partial charge in [0, 0.05) is 43.1 Å². The number of amides is 1. The standard InChI is InChI=1S/C26H32FN5O5S/c1-5-29-14-16(3)32-21-20(23(36-4)22(32)26(29)34)25(33)30-15-17-9-10-18(27)13-19(17)37-11-7-8-12-38(35)31(6-2)24(21)28-30/h9-10,13,16H,5-8,11-12,14-15H2,1-4H3. The second-order valence-electron chi connectivity index (χ2n) is 9.48. The number of ether oxygens (including phenoxy) is 2. The molecule has 0 fully saturated rings. The smallest absolute Gasteiger partial charge is 0.280 e. The zero-order chi connectivity index (χ0) is 27.1. The lowest BCUT2D eigenvalue weighted by atomic mass is 10.2. The number of nitrogens with zero attached hydrogens (tertiary/aromatic N) is 5. The topological polar surface area (TPSA) is 98.9 Å². The highest BCUT2D eigenvalue weighted by atomic mass is 32.2. The molecular weight excluding hydrogens is 513 g/mol. The Morgan fingerprint density at radius 1 is 1.21 bits per heavy atom. The first-order valence-corrected chi connectivity index (χ1v) is 14.2. The molecule has 2 aromatic heterocycles. The van der Waals surface area contributed by atoms with Crippen molar-refractivity contribution in [1.82, 2.24) is 19.2 Å². The van der Waals surface area contributed by atoms with E-state index in [1.54, 1.807) is 15.3 Å². The molecule has 1 amide bonds. The van der Waals surface area contributed by atoms with Crippen molar-refractivity contribution in [3.8, 4) is 11.5 Å². The maximum atomic E-state index is 14.1. The van der Waals surface area contributed by atoms with Crippen LogP contribution in [-0.2, 0) is 17.5 Å². The molecule has 0 saturated heterocycles. The fraction of sp³-hybridized carbons (Fsp3) is 0.500. The molecule has 2 aliphatic heterocycles. The number of aromatic nitrogens is 3. The quantitative estimate of drug-likeness (QED) is 0.502. The molecule has 2 aliphatic rings. The summed E-state index contributed by atoms with van der Waals surface area (Å²) in [5, 5.41) is 4.94. The fourth-order valence-electron chi connectivity index (χ4n) is 5.31. The summed E-state index contributed by atoms with van der Waals surface area (Å²) >= 11 is 0. The van der Waals surface area contributed by atoms with Gasteiger partial charge in [-0.3, -0.25) is 13.9 Å². The average Bonchev–Trinajstić information content (AvgIpc) is 3.26. The Labute approximate surface area is 222 Å². The van der Waals surface area contributed by atoms with Crippen molar-refractivity contribution in [1.29, 1.82) is 0 Å². The molecule has 4 heterocycles. The summed E-state index contributed by atoms with van der Waals surface area (Å²) in [5.74, 6) is 0.537. The molecule has 0 spiro atoms. The van der Waals surface area contributed by atoms with Crippen LogP contribution in [0.1, 0.15) is 55.7 Å². The zero-order valence-electron chi connectivity index (χ0n) is 22.0. The monoisotopic (exact) mass is 545 g/mol. The van der Waals surface area contributed by atoms with Crippen molar-refractivity contribution < 1.29 is 22.9 Å². The molecule has 3 aromatic rings. The maximum Gasteiger partial charge on any atom is 0.280 e. The van der Waals surface area contributed by atoms with Gasteiger partial charge in [-0.2, -0.15) is 0 Å². The molecule has 38 heavy (non-hydrogen) atoms. The van der Waals surface area contributed by atoms with Gasteiger partial charge >= 0.3 is 0 Å². The van der Waals surface area contributed by atoms with Crippen molar-refractivity contribution in [3.05, 3.63) is 45.6 Å². The van der Waals surface area contributed by atoms with E-state index in [2.05, 4.69) is 0 Å². The third-order valence-corrected chi connectivity index (χ3v) is 8.69. The Morgan fingerprint density at radius 3 is 2.71 bits per heavy atom. The number of rotatable bonds is 3. The normalized spacial score (nSPS) is 20.2. The Balaban J connectivity index is 1.86. The highest BCUT2D eigenvalue weighted by molar-refractivity contribution is 7.86. The molecule has 0 N–H and O–H groups in total. The highest BCUT2D eigenvalue weighted by Crippen LogP contribution is 2.41. The van der Waals surface area contributed by atoms with Crippen molar-refractivity contribution in [2.24, 2.45) is 0 Å². The third-order valence-electron chi connectivity index (χ3n) is 7.13. The minimum Gasteiger partial charge on any atom is -0.493 e. The highest BCUT2D eigenvalue weighted by Gasteiger charge is 2.38. The Bertz CT molecular complexity index is 1490. The number of halogens is 1. The van der Waals surface area contributed by atoms with E-state index in [1.165, 1.54) is 23.9 Å². The van der Waals surface area contributed by atoms with Crippen LogP contribution >= 0.6 is 0 Å². The van der Waals surface area contributed by atoms with Crippen LogP contribution in [0.15, 0.2) is 23.0 Å². The summed E-state index contributed by atoms with van der Waals surface area (Å²) < 4.78 is 44.0. The molecule has 12 heteroatoms. The molecule has 2 atom stereocenters. The number of hydrogen-bond acceptors (Lipinski definition) is 6. The molecule has 204 valence electrons. The summed E-state index contributed by atoms with van der Waals surface area (Å²) in [6.45, 7) is 7.44. The van der Waals surface area contributed by atoms with Gasteiger partial charge in [0.25, 0.3) is 11.5 Å². The van der Waals surface area contributed by atoms with Crippen LogP contribution in [0.25, 0.3) is 10.9 Å². The fourth-order valence-corrected chi connectivity index (χ4v) is 6.58. The number of likely N-dealkylation sites (N-methyl/N-ethyl adjacent to an activating group) is 1. The first-order valence-electron chi connectivity index (χ1n) is 12.9. The van der Waals surface area contributed by atoms with E-state index in [-0.39, 0.29) is 35.3 Å². The molecule has 1 aromatic carbocycles. The lowest BCUT2D eigenvalue weighted by Gasteiger charge is -2.33. The number of methoxy groups -OCH3 is 1. The minimum absolute atomic E-state index is 0.00414. The zero-order valence-corrected chi connectivity index (χ0v) is 22.8. The predicted octanol–water partition coefficient (Wildman–Crippen LogP) is 3.09. The second-order valence-corrected chi connectivity index (χ2v) is 11.0. The Morgan fingerprint density at radius 2 is 2.00 bits per heavy atom. The van der Waals surface area contributed by atoms with E-state index >= 15 is 0 Å². The van der Waals surface area contributed by atoms with Gasteiger partial charge in [0.1, 0.15) is 33.5 Å². The van der Waals surface area contributed by atoms with Crippen LogP contribution in [0.4, 0.5) is 10.2 Å². The average molecular weight is 546 g/mol. The van der Waals surface area contributed by atoms with Crippen LogP contribution in [-0.4, -0.2) is 68.5 Å². The summed E-state index contributed by atoms with van der Waals surface area (Å²) in [6, 6.07) is 4.02. The summed E-state index contributed by atoms with van der Waals surface area (Å²) in [4.78, 5) is 29.2. The van der Waals surface area contributed by atoms with Gasteiger partial charge in [0.15, 0.2) is 17.3 Å². The van der Waals surface area contributed by atoms with E-state index < -0.39 is 22.4 Å². The van der Waals surface area contributed by atoms with Gasteiger partial charge in [-0.05, 0) is 39.7 Å². The Kier molecular flexibility index (Phi) is 7.17. The number of carbonyl (C=O) groups is 1. The lowest BCUT2D eigenvalue weighted by Crippen LogP contribution is -2.42. The van der Waals surface area contributed by atoms with Gasteiger partial charge in [0.05, 0.1) is 20.3 Å². The molecule has 2 unspecified atom stereocenters. The van der Waals surface area contributed by atoms with E-state index in [0.717, 1.165) is 0 Å². The predicted molar refractivity (Wildman–Crippen MR) is 143 cm³/mol. The number of hydrogen-bond donors (Lipinski definition) is 0. The SMILES string of the molecule is CCN1CC(C)n2c(c(OC)c3c(=O)n4nc(c32)N(CC)S(=O)CCCCOc2cc(F)ccc2C4)C1=O. The van der Waals surface area contributed by atoms with Gasteiger partial charge in [-0.25, -0.2) is 13.3 Å². The van der Waals surface area contributed by atoms with Gasteiger partial charge in [-0.15, -0.1) is 5.10 Å². The molecular formula is C26H32FN5O5S. The van der Waals surface area contributed by atoms with E-state index in [0.29, 0.717) is 67.5 Å². The molecule has 5 rings (SSSR count). The Hall–Kier alpha value is -3.41. The van der Waals surface area contributed by atoms with Gasteiger partial charge < -0.3 is 18.9 Å². The maximum absolute atomic E-state index is 14.1. The molecule has 0 saturated carbocycles. The van der Waals surface area contributed by atoms with Crippen molar-refractivity contribution >= 4 is 33.6 Å². The van der Waals surface area contributed by atoms with E-state index in [4.69, 9.17) is 14.6 Å². The van der Waals surface area contributed by atoms with Crippen molar-refractivity contribution in [2.75, 3.05) is 43.4 Å². The molecule has 10 nitrogen and oxygen atoms in total. The van der Waals surface area contributed by atoms with Crippen LogP contribution in [0, 0.1) is 5.82 Å². The van der Waals surface area contributed by atoms with Gasteiger partial charge in [0.2, 0.25) is 0 Å². The first kappa shape index (κ1) is 26.2. The van der Waals surface area contributed by atoms with Crippen LogP contribution < -0.4 is 19.3 Å². The first-order chi connectivity index (χ1) is 18.3. The van der Waals surface area contributed by atoms with E-state index in [1.807, 2.05) is 25.3 Å². The second kappa shape index (κ2) is 10.4. The largest absolute Gasteiger partial charge is 0.493 e. The van der Waals surface area contributed by atoms with Crippen LogP contribution in [0.2, 0.25) is 0 Å². The number of fused-ring (bicyclic) bond motifs is 7. The third kappa shape index (κ3) is 4.24. The number of benzene rings is 1.